The Kier molecular flexibility index (Phi) is 3.77. The lowest BCUT2D eigenvalue weighted by Gasteiger charge is -2.06. The molecule has 0 spiro atoms. The predicted octanol–water partition coefficient (Wildman–Crippen LogP) is 2.11. The molecule has 2 aromatic heterocycles. The number of rotatable bonds is 4. The highest BCUT2D eigenvalue weighted by atomic mass is 16.3. The minimum Gasteiger partial charge on any atom is -0.392 e. The van der Waals surface area contributed by atoms with E-state index in [1.165, 1.54) is 6.33 Å². The summed E-state index contributed by atoms with van der Waals surface area (Å²) in [7, 11) is 1.83. The van der Waals surface area contributed by atoms with Crippen LogP contribution in [0.3, 0.4) is 0 Å². The van der Waals surface area contributed by atoms with Crippen molar-refractivity contribution in [1.82, 2.24) is 14.6 Å². The number of nitrogens with zero attached hydrogens (tertiary/aromatic N) is 3. The highest BCUT2D eigenvalue weighted by molar-refractivity contribution is 5.89. The summed E-state index contributed by atoms with van der Waals surface area (Å²) in [5.74, 6) is 3.41. The summed E-state index contributed by atoms with van der Waals surface area (Å²) in [6.07, 6.45) is 7.47. The van der Waals surface area contributed by atoms with Crippen LogP contribution in [-0.4, -0.2) is 26.8 Å². The number of benzene rings is 1. The zero-order valence-corrected chi connectivity index (χ0v) is 12.2. The Hall–Kier alpha value is -2.84. The summed E-state index contributed by atoms with van der Waals surface area (Å²) < 4.78 is 1.83. The molecule has 1 aromatic carbocycles. The van der Waals surface area contributed by atoms with Gasteiger partial charge in [-0.05, 0) is 17.2 Å². The zero-order chi connectivity index (χ0) is 15.5. The third-order valence-electron chi connectivity index (χ3n) is 3.60. The predicted molar refractivity (Wildman–Crippen MR) is 86.4 cm³/mol. The first-order valence-corrected chi connectivity index (χ1v) is 6.95. The molecule has 22 heavy (non-hydrogen) atoms. The first-order chi connectivity index (χ1) is 10.8. The van der Waals surface area contributed by atoms with Crippen LogP contribution in [0, 0.1) is 12.3 Å². The molecule has 5 heteroatoms. The molecule has 0 fully saturated rings. The summed E-state index contributed by atoms with van der Waals surface area (Å²) >= 11 is 0. The van der Waals surface area contributed by atoms with Gasteiger partial charge in [-0.2, -0.15) is 5.10 Å². The van der Waals surface area contributed by atoms with Crippen LogP contribution in [0.15, 0.2) is 36.7 Å². The molecule has 110 valence electrons. The maximum atomic E-state index is 9.17. The molecule has 0 saturated heterocycles. The topological polar surface area (TPSA) is 62.5 Å². The number of fused-ring (bicyclic) bond motifs is 1. The van der Waals surface area contributed by atoms with Crippen molar-refractivity contribution < 1.29 is 5.11 Å². The Bertz CT molecular complexity index is 843. The van der Waals surface area contributed by atoms with E-state index in [-0.39, 0.29) is 6.61 Å². The molecule has 0 aliphatic rings. The van der Waals surface area contributed by atoms with Crippen molar-refractivity contribution in [3.63, 3.8) is 0 Å². The molecule has 0 radical (unpaired) electrons. The van der Waals surface area contributed by atoms with Crippen molar-refractivity contribution in [3.05, 3.63) is 47.9 Å². The van der Waals surface area contributed by atoms with Gasteiger partial charge in [0.15, 0.2) is 5.82 Å². The van der Waals surface area contributed by atoms with Crippen molar-refractivity contribution in [2.24, 2.45) is 0 Å². The molecule has 0 bridgehead atoms. The lowest BCUT2D eigenvalue weighted by atomic mass is 10.0. The van der Waals surface area contributed by atoms with E-state index in [0.717, 1.165) is 33.7 Å². The van der Waals surface area contributed by atoms with E-state index in [1.807, 2.05) is 41.9 Å². The standard InChI is InChI=1S/C17H16N4O/c1-3-4-14-9-15(13-7-5-12(10-22)6-8-13)16-17(18-2)19-11-20-21(14)16/h1,5-9,11,22H,4,10H2,2H3,(H,18,19,20). The maximum Gasteiger partial charge on any atom is 0.154 e. The van der Waals surface area contributed by atoms with Crippen LogP contribution >= 0.6 is 0 Å². The Morgan fingerprint density at radius 1 is 1.32 bits per heavy atom. The Morgan fingerprint density at radius 3 is 2.73 bits per heavy atom. The van der Waals surface area contributed by atoms with E-state index in [2.05, 4.69) is 21.3 Å². The number of anilines is 1. The van der Waals surface area contributed by atoms with Gasteiger partial charge in [0, 0.05) is 12.6 Å². The van der Waals surface area contributed by atoms with Crippen molar-refractivity contribution in [1.29, 1.82) is 0 Å². The third kappa shape index (κ3) is 2.30. The average Bonchev–Trinajstić information content (AvgIpc) is 2.94. The third-order valence-corrected chi connectivity index (χ3v) is 3.60. The van der Waals surface area contributed by atoms with E-state index in [4.69, 9.17) is 6.42 Å². The van der Waals surface area contributed by atoms with Gasteiger partial charge in [0.2, 0.25) is 0 Å². The summed E-state index contributed by atoms with van der Waals surface area (Å²) in [5.41, 5.74) is 4.76. The van der Waals surface area contributed by atoms with Gasteiger partial charge in [0.05, 0.1) is 18.7 Å². The average molecular weight is 292 g/mol. The molecule has 0 aliphatic heterocycles. The van der Waals surface area contributed by atoms with E-state index in [1.54, 1.807) is 0 Å². The quantitative estimate of drug-likeness (QED) is 0.723. The molecule has 2 heterocycles. The smallest absolute Gasteiger partial charge is 0.154 e. The van der Waals surface area contributed by atoms with Crippen molar-refractivity contribution in [3.8, 4) is 23.5 Å². The number of aliphatic hydroxyl groups is 1. The Morgan fingerprint density at radius 2 is 2.09 bits per heavy atom. The number of hydrogen-bond donors (Lipinski definition) is 2. The summed E-state index contributed by atoms with van der Waals surface area (Å²) in [5, 5.41) is 16.6. The molecule has 0 saturated carbocycles. The number of aliphatic hydroxyl groups excluding tert-OH is 1. The van der Waals surface area contributed by atoms with E-state index < -0.39 is 0 Å². The minimum atomic E-state index is 0.0318. The van der Waals surface area contributed by atoms with Gasteiger partial charge < -0.3 is 10.4 Å². The van der Waals surface area contributed by atoms with Gasteiger partial charge in [0.1, 0.15) is 11.8 Å². The molecule has 0 atom stereocenters. The fourth-order valence-corrected chi connectivity index (χ4v) is 2.53. The fraction of sp³-hybridized carbons (Fsp3) is 0.176. The molecular formula is C17H16N4O. The maximum absolute atomic E-state index is 9.17. The molecule has 3 aromatic rings. The van der Waals surface area contributed by atoms with Crippen LogP contribution in [0.2, 0.25) is 0 Å². The summed E-state index contributed by atoms with van der Waals surface area (Å²) in [4.78, 5) is 4.28. The number of aromatic nitrogens is 3. The van der Waals surface area contributed by atoms with Crippen LogP contribution in [0.25, 0.3) is 16.6 Å². The van der Waals surface area contributed by atoms with Gasteiger partial charge >= 0.3 is 0 Å². The summed E-state index contributed by atoms with van der Waals surface area (Å²) in [6, 6.07) is 9.81. The Labute approximate surface area is 128 Å². The van der Waals surface area contributed by atoms with Gasteiger partial charge in [-0.25, -0.2) is 9.50 Å². The SMILES string of the molecule is C#CCc1cc(-c2ccc(CO)cc2)c2c(NC)ncnn12. The van der Waals surface area contributed by atoms with Gasteiger partial charge in [0.25, 0.3) is 0 Å². The molecule has 0 unspecified atom stereocenters. The highest BCUT2D eigenvalue weighted by Crippen LogP contribution is 2.31. The highest BCUT2D eigenvalue weighted by Gasteiger charge is 2.15. The minimum absolute atomic E-state index is 0.0318. The number of terminal acetylenes is 1. The molecule has 0 amide bonds. The van der Waals surface area contributed by atoms with E-state index in [9.17, 15) is 5.11 Å². The van der Waals surface area contributed by atoms with Crippen LogP contribution in [-0.2, 0) is 13.0 Å². The first kappa shape index (κ1) is 14.1. The summed E-state index contributed by atoms with van der Waals surface area (Å²) in [6.45, 7) is 0.0318. The van der Waals surface area contributed by atoms with Crippen molar-refractivity contribution in [2.75, 3.05) is 12.4 Å². The normalized spacial score (nSPS) is 10.6. The molecule has 3 rings (SSSR count). The van der Waals surface area contributed by atoms with Crippen LogP contribution in [0.5, 0.6) is 0 Å². The first-order valence-electron chi connectivity index (χ1n) is 6.95. The largest absolute Gasteiger partial charge is 0.392 e. The lowest BCUT2D eigenvalue weighted by Crippen LogP contribution is -2.02. The number of hydrogen-bond acceptors (Lipinski definition) is 4. The molecule has 0 aliphatic carbocycles. The fourth-order valence-electron chi connectivity index (χ4n) is 2.53. The molecular weight excluding hydrogens is 276 g/mol. The van der Waals surface area contributed by atoms with E-state index in [0.29, 0.717) is 6.42 Å². The monoisotopic (exact) mass is 292 g/mol. The van der Waals surface area contributed by atoms with Gasteiger partial charge in [-0.3, -0.25) is 0 Å². The molecule has 2 N–H and O–H groups in total. The van der Waals surface area contributed by atoms with Crippen molar-refractivity contribution in [2.45, 2.75) is 13.0 Å². The number of nitrogens with one attached hydrogen (secondary N) is 1. The lowest BCUT2D eigenvalue weighted by molar-refractivity contribution is 0.282. The molecule has 5 nitrogen and oxygen atoms in total. The van der Waals surface area contributed by atoms with E-state index >= 15 is 0 Å². The zero-order valence-electron chi connectivity index (χ0n) is 12.2. The second-order valence-corrected chi connectivity index (χ2v) is 4.90. The van der Waals surface area contributed by atoms with Crippen LogP contribution in [0.1, 0.15) is 11.3 Å². The second kappa shape index (κ2) is 5.88. The second-order valence-electron chi connectivity index (χ2n) is 4.90. The van der Waals surface area contributed by atoms with Crippen molar-refractivity contribution >= 4 is 11.3 Å². The van der Waals surface area contributed by atoms with Crippen LogP contribution in [0.4, 0.5) is 5.82 Å². The van der Waals surface area contributed by atoms with Crippen LogP contribution < -0.4 is 5.32 Å². The Balaban J connectivity index is 2.25. The van der Waals surface area contributed by atoms with Gasteiger partial charge in [-0.15, -0.1) is 12.3 Å². The van der Waals surface area contributed by atoms with Gasteiger partial charge in [-0.1, -0.05) is 24.3 Å².